The number of carbonyl (C=O) groups is 1. The highest BCUT2D eigenvalue weighted by molar-refractivity contribution is 5.72. The van der Waals surface area contributed by atoms with E-state index in [1.54, 1.807) is 0 Å². The molecule has 1 rings (SSSR count). The molecule has 92 valence electrons. The molecule has 0 saturated heterocycles. The maximum absolute atomic E-state index is 10.6. The van der Waals surface area contributed by atoms with Crippen LogP contribution in [0.15, 0.2) is 6.20 Å². The lowest BCUT2D eigenvalue weighted by Gasteiger charge is -2.16. The minimum absolute atomic E-state index is 0.121. The Morgan fingerprint density at radius 2 is 2.41 bits per heavy atom. The predicted molar refractivity (Wildman–Crippen MR) is 57.6 cm³/mol. The summed E-state index contributed by atoms with van der Waals surface area (Å²) in [5.41, 5.74) is 0.374. The van der Waals surface area contributed by atoms with Gasteiger partial charge in [-0.05, 0) is 6.42 Å². The number of aromatic nitrogens is 2. The first-order valence-electron chi connectivity index (χ1n) is 5.10. The molecule has 0 aromatic carbocycles. The second-order valence-corrected chi connectivity index (χ2v) is 3.60. The van der Waals surface area contributed by atoms with Crippen LogP contribution in [0.2, 0.25) is 0 Å². The molecule has 0 radical (unpaired) electrons. The molecule has 7 heteroatoms. The van der Waals surface area contributed by atoms with Crippen molar-refractivity contribution in [3.8, 4) is 6.07 Å². The standard InChI is InChI=1S/C10H14N4O3/c1-6(15)12-3-2-9(16)10(17)7-5-13-14-8(7)4-11/h5,9-10,16-17H,2-3H2,1H3,(H,12,15)(H,13,14). The molecular weight excluding hydrogens is 224 g/mol. The molecule has 1 heterocycles. The summed E-state index contributed by atoms with van der Waals surface area (Å²) in [6, 6.07) is 1.83. The lowest BCUT2D eigenvalue weighted by atomic mass is 10.0. The van der Waals surface area contributed by atoms with E-state index in [4.69, 9.17) is 5.26 Å². The predicted octanol–water partition coefficient (Wildman–Crippen LogP) is -0.798. The van der Waals surface area contributed by atoms with Crippen molar-refractivity contribution in [2.24, 2.45) is 0 Å². The molecule has 2 unspecified atom stereocenters. The van der Waals surface area contributed by atoms with E-state index >= 15 is 0 Å². The highest BCUT2D eigenvalue weighted by Gasteiger charge is 2.22. The Labute approximate surface area is 98.1 Å². The van der Waals surface area contributed by atoms with Gasteiger partial charge in [0.2, 0.25) is 5.91 Å². The van der Waals surface area contributed by atoms with Crippen molar-refractivity contribution < 1.29 is 15.0 Å². The minimum Gasteiger partial charge on any atom is -0.390 e. The van der Waals surface area contributed by atoms with Crippen LogP contribution >= 0.6 is 0 Å². The molecule has 0 saturated carbocycles. The van der Waals surface area contributed by atoms with E-state index in [9.17, 15) is 15.0 Å². The van der Waals surface area contributed by atoms with Gasteiger partial charge >= 0.3 is 0 Å². The molecule has 1 aromatic heterocycles. The molecule has 2 atom stereocenters. The molecule has 0 fully saturated rings. The van der Waals surface area contributed by atoms with Gasteiger partial charge in [0.15, 0.2) is 0 Å². The fraction of sp³-hybridized carbons (Fsp3) is 0.500. The van der Waals surface area contributed by atoms with Gasteiger partial charge in [-0.1, -0.05) is 0 Å². The van der Waals surface area contributed by atoms with Gasteiger partial charge in [0, 0.05) is 19.0 Å². The number of nitriles is 1. The largest absolute Gasteiger partial charge is 0.390 e. The molecule has 0 spiro atoms. The molecule has 0 aliphatic carbocycles. The molecule has 1 aromatic rings. The third kappa shape index (κ3) is 3.55. The third-order valence-corrected chi connectivity index (χ3v) is 2.28. The summed E-state index contributed by atoms with van der Waals surface area (Å²) in [5.74, 6) is -0.201. The molecule has 1 amide bonds. The molecular formula is C10H14N4O3. The lowest BCUT2D eigenvalue weighted by molar-refractivity contribution is -0.119. The summed E-state index contributed by atoms with van der Waals surface area (Å²) >= 11 is 0. The Morgan fingerprint density at radius 1 is 1.71 bits per heavy atom. The zero-order chi connectivity index (χ0) is 12.8. The van der Waals surface area contributed by atoms with Crippen LogP contribution < -0.4 is 5.32 Å². The third-order valence-electron chi connectivity index (χ3n) is 2.28. The van der Waals surface area contributed by atoms with Crippen LogP contribution in [0.3, 0.4) is 0 Å². The van der Waals surface area contributed by atoms with Crippen LogP contribution in [0.4, 0.5) is 0 Å². The van der Waals surface area contributed by atoms with Crippen LogP contribution in [0.25, 0.3) is 0 Å². The highest BCUT2D eigenvalue weighted by atomic mass is 16.3. The lowest BCUT2D eigenvalue weighted by Crippen LogP contribution is -2.27. The SMILES string of the molecule is CC(=O)NCCC(O)C(O)c1cn[nH]c1C#N. The second-order valence-electron chi connectivity index (χ2n) is 3.60. The molecule has 7 nitrogen and oxygen atoms in total. The fourth-order valence-corrected chi connectivity index (χ4v) is 1.37. The van der Waals surface area contributed by atoms with Gasteiger partial charge in [0.05, 0.1) is 12.3 Å². The van der Waals surface area contributed by atoms with E-state index in [1.165, 1.54) is 13.1 Å². The van der Waals surface area contributed by atoms with Crippen molar-refractivity contribution in [1.29, 1.82) is 5.26 Å². The van der Waals surface area contributed by atoms with Gasteiger partial charge in [-0.2, -0.15) is 10.4 Å². The molecule has 0 aliphatic heterocycles. The number of H-pyrrole nitrogens is 1. The summed E-state index contributed by atoms with van der Waals surface area (Å²) in [5, 5.41) is 36.7. The molecule has 0 bridgehead atoms. The Balaban J connectivity index is 2.55. The second kappa shape index (κ2) is 5.98. The van der Waals surface area contributed by atoms with Crippen LogP contribution in [-0.4, -0.2) is 39.0 Å². The molecule has 17 heavy (non-hydrogen) atoms. The average Bonchev–Trinajstić information content (AvgIpc) is 2.75. The van der Waals surface area contributed by atoms with E-state index in [2.05, 4.69) is 15.5 Å². The quantitative estimate of drug-likeness (QED) is 0.535. The topological polar surface area (TPSA) is 122 Å². The van der Waals surface area contributed by atoms with E-state index < -0.39 is 12.2 Å². The van der Waals surface area contributed by atoms with Crippen molar-refractivity contribution in [1.82, 2.24) is 15.5 Å². The summed E-state index contributed by atoms with van der Waals surface area (Å²) in [4.78, 5) is 10.6. The Hall–Kier alpha value is -1.91. The number of aromatic amines is 1. The Kier molecular flexibility index (Phi) is 4.63. The number of hydrogen-bond acceptors (Lipinski definition) is 5. The maximum Gasteiger partial charge on any atom is 0.216 e. The first-order chi connectivity index (χ1) is 8.06. The molecule has 0 aliphatic rings. The average molecular weight is 238 g/mol. The number of hydrogen-bond donors (Lipinski definition) is 4. The summed E-state index contributed by atoms with van der Waals surface area (Å²) in [6.07, 6.45) is -0.773. The first kappa shape index (κ1) is 13.2. The number of nitrogens with zero attached hydrogens (tertiary/aromatic N) is 2. The van der Waals surface area contributed by atoms with Crippen molar-refractivity contribution in [2.45, 2.75) is 25.6 Å². The van der Waals surface area contributed by atoms with Gasteiger partial charge in [-0.25, -0.2) is 0 Å². The normalized spacial score (nSPS) is 13.8. The minimum atomic E-state index is -1.20. The summed E-state index contributed by atoms with van der Waals surface area (Å²) < 4.78 is 0. The van der Waals surface area contributed by atoms with Crippen molar-refractivity contribution in [3.05, 3.63) is 17.5 Å². The fourth-order valence-electron chi connectivity index (χ4n) is 1.37. The first-order valence-corrected chi connectivity index (χ1v) is 5.10. The Bertz CT molecular complexity index is 423. The molecule has 4 N–H and O–H groups in total. The summed E-state index contributed by atoms with van der Waals surface area (Å²) in [6.45, 7) is 1.62. The monoisotopic (exact) mass is 238 g/mol. The van der Waals surface area contributed by atoms with E-state index in [0.717, 1.165) is 0 Å². The smallest absolute Gasteiger partial charge is 0.216 e. The van der Waals surface area contributed by atoms with Gasteiger partial charge in [-0.15, -0.1) is 0 Å². The van der Waals surface area contributed by atoms with Crippen LogP contribution in [0.5, 0.6) is 0 Å². The van der Waals surface area contributed by atoms with Crippen LogP contribution in [0.1, 0.15) is 30.7 Å². The maximum atomic E-state index is 10.6. The van der Waals surface area contributed by atoms with Gasteiger partial charge in [0.25, 0.3) is 0 Å². The van der Waals surface area contributed by atoms with Gasteiger partial charge in [0.1, 0.15) is 17.9 Å². The number of amides is 1. The number of nitrogens with one attached hydrogen (secondary N) is 2. The number of aliphatic hydroxyl groups is 2. The van der Waals surface area contributed by atoms with E-state index in [-0.39, 0.29) is 30.1 Å². The zero-order valence-electron chi connectivity index (χ0n) is 9.34. The number of aliphatic hydroxyl groups excluding tert-OH is 2. The van der Waals surface area contributed by atoms with E-state index in [0.29, 0.717) is 0 Å². The number of carbonyl (C=O) groups excluding carboxylic acids is 1. The number of rotatable bonds is 5. The highest BCUT2D eigenvalue weighted by Crippen LogP contribution is 2.20. The van der Waals surface area contributed by atoms with Crippen LogP contribution in [0, 0.1) is 11.3 Å². The van der Waals surface area contributed by atoms with Crippen molar-refractivity contribution in [3.63, 3.8) is 0 Å². The van der Waals surface area contributed by atoms with Crippen molar-refractivity contribution in [2.75, 3.05) is 6.54 Å². The van der Waals surface area contributed by atoms with Crippen LogP contribution in [-0.2, 0) is 4.79 Å². The van der Waals surface area contributed by atoms with Gasteiger partial charge in [-0.3, -0.25) is 9.89 Å². The van der Waals surface area contributed by atoms with Crippen molar-refractivity contribution >= 4 is 5.91 Å². The zero-order valence-corrected chi connectivity index (χ0v) is 9.34. The van der Waals surface area contributed by atoms with E-state index in [1.807, 2.05) is 6.07 Å². The summed E-state index contributed by atoms with van der Waals surface area (Å²) in [7, 11) is 0. The van der Waals surface area contributed by atoms with Gasteiger partial charge < -0.3 is 15.5 Å². The Morgan fingerprint density at radius 3 is 3.00 bits per heavy atom.